The number of piperidine rings is 1. The standard InChI is InChI=1S/C13H24N6/c1-4-11-12(15-8-16-13(11)18-14)17-10-5-6-19(3)9(2)7-10/h8-10H,4-7,14H2,1-3H3,(H2,15,16,17,18). The van der Waals surface area contributed by atoms with E-state index in [-0.39, 0.29) is 0 Å². The van der Waals surface area contributed by atoms with Crippen LogP contribution in [0.2, 0.25) is 0 Å². The van der Waals surface area contributed by atoms with Gasteiger partial charge in [-0.25, -0.2) is 15.8 Å². The average Bonchev–Trinajstić information content (AvgIpc) is 2.42. The highest BCUT2D eigenvalue weighted by molar-refractivity contribution is 5.57. The predicted octanol–water partition coefficient (Wildman–Crippen LogP) is 1.22. The van der Waals surface area contributed by atoms with E-state index in [9.17, 15) is 0 Å². The molecule has 6 heteroatoms. The van der Waals surface area contributed by atoms with Crippen LogP contribution in [0.25, 0.3) is 0 Å². The molecule has 2 rings (SSSR count). The van der Waals surface area contributed by atoms with Gasteiger partial charge in [0.25, 0.3) is 0 Å². The maximum atomic E-state index is 5.49. The van der Waals surface area contributed by atoms with E-state index >= 15 is 0 Å². The van der Waals surface area contributed by atoms with Crippen molar-refractivity contribution in [3.05, 3.63) is 11.9 Å². The van der Waals surface area contributed by atoms with Crippen molar-refractivity contribution in [2.24, 2.45) is 5.84 Å². The molecule has 2 unspecified atom stereocenters. The van der Waals surface area contributed by atoms with E-state index in [1.54, 1.807) is 6.33 Å². The van der Waals surface area contributed by atoms with Crippen LogP contribution in [0.1, 0.15) is 32.3 Å². The van der Waals surface area contributed by atoms with E-state index in [1.807, 2.05) is 0 Å². The molecule has 6 nitrogen and oxygen atoms in total. The molecule has 4 N–H and O–H groups in total. The van der Waals surface area contributed by atoms with E-state index in [0.717, 1.165) is 37.2 Å². The molecule has 1 saturated heterocycles. The van der Waals surface area contributed by atoms with Crippen molar-refractivity contribution in [2.75, 3.05) is 24.3 Å². The van der Waals surface area contributed by atoms with Gasteiger partial charge in [-0.15, -0.1) is 0 Å². The van der Waals surface area contributed by atoms with Gasteiger partial charge in [-0.1, -0.05) is 6.92 Å². The van der Waals surface area contributed by atoms with Gasteiger partial charge in [0.05, 0.1) is 0 Å². The summed E-state index contributed by atoms with van der Waals surface area (Å²) in [5.41, 5.74) is 3.69. The Bertz CT molecular complexity index is 422. The summed E-state index contributed by atoms with van der Waals surface area (Å²) in [5.74, 6) is 7.11. The molecule has 1 aliphatic rings. The second-order valence-electron chi connectivity index (χ2n) is 5.24. The number of nitrogen functional groups attached to an aromatic ring is 1. The monoisotopic (exact) mass is 264 g/mol. The number of rotatable bonds is 4. The highest BCUT2D eigenvalue weighted by atomic mass is 15.3. The Hall–Kier alpha value is -1.40. The van der Waals surface area contributed by atoms with E-state index in [2.05, 4.69) is 46.5 Å². The number of likely N-dealkylation sites (tertiary alicyclic amines) is 1. The van der Waals surface area contributed by atoms with Crippen LogP contribution in [0.15, 0.2) is 6.33 Å². The molecule has 2 atom stereocenters. The lowest BCUT2D eigenvalue weighted by atomic mass is 9.98. The van der Waals surface area contributed by atoms with Crippen LogP contribution < -0.4 is 16.6 Å². The topological polar surface area (TPSA) is 79.1 Å². The summed E-state index contributed by atoms with van der Waals surface area (Å²) in [6.45, 7) is 5.47. The first-order valence-corrected chi connectivity index (χ1v) is 6.93. The molecular formula is C13H24N6. The normalized spacial score (nSPS) is 24.2. The third-order valence-electron chi connectivity index (χ3n) is 3.98. The van der Waals surface area contributed by atoms with Crippen molar-refractivity contribution >= 4 is 11.6 Å². The highest BCUT2D eigenvalue weighted by Gasteiger charge is 2.23. The summed E-state index contributed by atoms with van der Waals surface area (Å²) in [4.78, 5) is 10.9. The average molecular weight is 264 g/mol. The first kappa shape index (κ1) is 14.0. The molecule has 1 aromatic rings. The van der Waals surface area contributed by atoms with Gasteiger partial charge in [0, 0.05) is 24.2 Å². The van der Waals surface area contributed by atoms with Gasteiger partial charge in [0.1, 0.15) is 18.0 Å². The van der Waals surface area contributed by atoms with Crippen molar-refractivity contribution in [1.82, 2.24) is 14.9 Å². The van der Waals surface area contributed by atoms with E-state index in [4.69, 9.17) is 5.84 Å². The van der Waals surface area contributed by atoms with Gasteiger partial charge in [0.15, 0.2) is 0 Å². The molecule has 0 aliphatic carbocycles. The van der Waals surface area contributed by atoms with E-state index in [1.165, 1.54) is 0 Å². The van der Waals surface area contributed by atoms with Gasteiger partial charge >= 0.3 is 0 Å². The van der Waals surface area contributed by atoms with E-state index < -0.39 is 0 Å². The van der Waals surface area contributed by atoms with Gasteiger partial charge in [-0.3, -0.25) is 0 Å². The van der Waals surface area contributed by atoms with Crippen molar-refractivity contribution in [1.29, 1.82) is 0 Å². The van der Waals surface area contributed by atoms with Crippen molar-refractivity contribution in [3.63, 3.8) is 0 Å². The fraction of sp³-hybridized carbons (Fsp3) is 0.692. The lowest BCUT2D eigenvalue weighted by Crippen LogP contribution is -2.42. The van der Waals surface area contributed by atoms with Crippen LogP contribution in [-0.2, 0) is 6.42 Å². The summed E-state index contributed by atoms with van der Waals surface area (Å²) in [6, 6.07) is 1.07. The van der Waals surface area contributed by atoms with Crippen LogP contribution in [0.4, 0.5) is 11.6 Å². The molecule has 0 saturated carbocycles. The number of hydrogen-bond donors (Lipinski definition) is 3. The second-order valence-corrected chi connectivity index (χ2v) is 5.24. The third-order valence-corrected chi connectivity index (χ3v) is 3.98. The summed E-state index contributed by atoms with van der Waals surface area (Å²) in [6.07, 6.45) is 4.67. The summed E-state index contributed by atoms with van der Waals surface area (Å²) >= 11 is 0. The lowest BCUT2D eigenvalue weighted by Gasteiger charge is -2.35. The number of nitrogens with zero attached hydrogens (tertiary/aromatic N) is 3. The number of anilines is 2. The Morgan fingerprint density at radius 2 is 2.16 bits per heavy atom. The number of nitrogens with two attached hydrogens (primary N) is 1. The number of hydrazine groups is 1. The van der Waals surface area contributed by atoms with Crippen LogP contribution >= 0.6 is 0 Å². The molecular weight excluding hydrogens is 240 g/mol. The van der Waals surface area contributed by atoms with Crippen LogP contribution in [0, 0.1) is 0 Å². The molecule has 0 bridgehead atoms. The molecule has 0 amide bonds. The molecule has 1 aromatic heterocycles. The van der Waals surface area contributed by atoms with Crippen molar-refractivity contribution < 1.29 is 0 Å². The molecule has 1 fully saturated rings. The molecule has 0 spiro atoms. The number of aromatic nitrogens is 2. The Kier molecular flexibility index (Phi) is 4.55. The minimum absolute atomic E-state index is 0.469. The first-order valence-electron chi connectivity index (χ1n) is 6.93. The van der Waals surface area contributed by atoms with E-state index in [0.29, 0.717) is 17.9 Å². The minimum atomic E-state index is 0.469. The SMILES string of the molecule is CCc1c(NN)ncnc1NC1CCN(C)C(C)C1. The second kappa shape index (κ2) is 6.16. The largest absolute Gasteiger partial charge is 0.367 e. The zero-order valence-electron chi connectivity index (χ0n) is 12.0. The van der Waals surface area contributed by atoms with Crippen LogP contribution in [0.5, 0.6) is 0 Å². The van der Waals surface area contributed by atoms with Crippen molar-refractivity contribution in [3.8, 4) is 0 Å². The highest BCUT2D eigenvalue weighted by Crippen LogP contribution is 2.24. The van der Waals surface area contributed by atoms with Gasteiger partial charge < -0.3 is 15.6 Å². The van der Waals surface area contributed by atoms with Gasteiger partial charge in [0.2, 0.25) is 0 Å². The predicted molar refractivity (Wildman–Crippen MR) is 78.0 cm³/mol. The van der Waals surface area contributed by atoms with Crippen LogP contribution in [-0.4, -0.2) is 40.5 Å². The number of hydrogen-bond acceptors (Lipinski definition) is 6. The van der Waals surface area contributed by atoms with Gasteiger partial charge in [-0.2, -0.15) is 0 Å². The maximum absolute atomic E-state index is 5.49. The fourth-order valence-electron chi connectivity index (χ4n) is 2.61. The minimum Gasteiger partial charge on any atom is -0.367 e. The smallest absolute Gasteiger partial charge is 0.148 e. The summed E-state index contributed by atoms with van der Waals surface area (Å²) < 4.78 is 0. The Morgan fingerprint density at radius 3 is 2.79 bits per heavy atom. The number of nitrogens with one attached hydrogen (secondary N) is 2. The zero-order valence-corrected chi connectivity index (χ0v) is 12.0. The quantitative estimate of drug-likeness (QED) is 0.560. The van der Waals surface area contributed by atoms with Crippen LogP contribution in [0.3, 0.4) is 0 Å². The molecule has 106 valence electrons. The molecule has 1 aliphatic heterocycles. The molecule has 19 heavy (non-hydrogen) atoms. The maximum Gasteiger partial charge on any atom is 0.148 e. The molecule has 0 radical (unpaired) electrons. The van der Waals surface area contributed by atoms with Crippen molar-refractivity contribution in [2.45, 2.75) is 45.2 Å². The summed E-state index contributed by atoms with van der Waals surface area (Å²) in [5, 5.41) is 3.55. The fourth-order valence-corrected chi connectivity index (χ4v) is 2.61. The Labute approximate surface area is 114 Å². The van der Waals surface area contributed by atoms with Gasteiger partial charge in [-0.05, 0) is 33.2 Å². The Balaban J connectivity index is 2.11. The zero-order chi connectivity index (χ0) is 13.8. The molecule has 0 aromatic carbocycles. The molecule has 2 heterocycles. The lowest BCUT2D eigenvalue weighted by molar-refractivity contribution is 0.190. The summed E-state index contributed by atoms with van der Waals surface area (Å²) in [7, 11) is 2.18. The Morgan fingerprint density at radius 1 is 1.42 bits per heavy atom. The third kappa shape index (κ3) is 3.13. The first-order chi connectivity index (χ1) is 9.15.